The van der Waals surface area contributed by atoms with Gasteiger partial charge in [-0.05, 0) is 77.0 Å². The fourth-order valence-corrected chi connectivity index (χ4v) is 6.86. The van der Waals surface area contributed by atoms with Gasteiger partial charge in [0.15, 0.2) is 12.6 Å². The van der Waals surface area contributed by atoms with Crippen molar-refractivity contribution >= 4 is 5.91 Å². The molecular formula is C47H79NO13. The minimum Gasteiger partial charge on any atom is -0.394 e. The van der Waals surface area contributed by atoms with Crippen LogP contribution in [0.5, 0.6) is 0 Å². The number of allylic oxidation sites excluding steroid dienone is 11. The number of nitrogens with one attached hydrogen (secondary N) is 1. The number of ether oxygens (including phenoxy) is 4. The van der Waals surface area contributed by atoms with E-state index in [-0.39, 0.29) is 18.9 Å². The van der Waals surface area contributed by atoms with Gasteiger partial charge in [0.2, 0.25) is 5.91 Å². The van der Waals surface area contributed by atoms with E-state index in [2.05, 4.69) is 79.9 Å². The molecule has 12 unspecified atom stereocenters. The Kier molecular flexibility index (Phi) is 30.3. The predicted molar refractivity (Wildman–Crippen MR) is 235 cm³/mol. The number of hydrogen-bond acceptors (Lipinski definition) is 13. The molecule has 0 bridgehead atoms. The summed E-state index contributed by atoms with van der Waals surface area (Å²) in [5.74, 6) is -0.289. The van der Waals surface area contributed by atoms with E-state index in [9.17, 15) is 45.6 Å². The molecule has 0 saturated carbocycles. The van der Waals surface area contributed by atoms with Crippen LogP contribution in [0, 0.1) is 0 Å². The van der Waals surface area contributed by atoms with Crippen molar-refractivity contribution in [3.8, 4) is 0 Å². The average molecular weight is 866 g/mol. The molecule has 9 N–H and O–H groups in total. The van der Waals surface area contributed by atoms with Crippen LogP contribution < -0.4 is 5.32 Å². The van der Waals surface area contributed by atoms with Gasteiger partial charge < -0.3 is 65.1 Å². The van der Waals surface area contributed by atoms with Gasteiger partial charge in [0.25, 0.3) is 0 Å². The molecular weight excluding hydrogens is 787 g/mol. The number of unbranched alkanes of at least 4 members (excludes halogenated alkanes) is 9. The van der Waals surface area contributed by atoms with Gasteiger partial charge in [-0.1, -0.05) is 112 Å². The normalized spacial score (nSPS) is 28.7. The summed E-state index contributed by atoms with van der Waals surface area (Å²) in [6.07, 6.45) is 23.8. The third-order valence-corrected chi connectivity index (χ3v) is 10.6. The lowest BCUT2D eigenvalue weighted by molar-refractivity contribution is -0.359. The zero-order chi connectivity index (χ0) is 44.7. The van der Waals surface area contributed by atoms with Crippen molar-refractivity contribution in [3.05, 3.63) is 72.9 Å². The van der Waals surface area contributed by atoms with Crippen LogP contribution in [0.3, 0.4) is 0 Å². The van der Waals surface area contributed by atoms with Crippen molar-refractivity contribution in [1.29, 1.82) is 0 Å². The average Bonchev–Trinajstić information content (AvgIpc) is 3.26. The Labute approximate surface area is 364 Å². The van der Waals surface area contributed by atoms with Crippen LogP contribution in [0.2, 0.25) is 0 Å². The van der Waals surface area contributed by atoms with Crippen LogP contribution in [-0.4, -0.2) is 140 Å². The van der Waals surface area contributed by atoms with Crippen molar-refractivity contribution < 1.29 is 64.6 Å². The highest BCUT2D eigenvalue weighted by Crippen LogP contribution is 2.29. The van der Waals surface area contributed by atoms with E-state index in [0.717, 1.165) is 64.2 Å². The van der Waals surface area contributed by atoms with Gasteiger partial charge >= 0.3 is 0 Å². The van der Waals surface area contributed by atoms with E-state index in [1.165, 1.54) is 25.7 Å². The summed E-state index contributed by atoms with van der Waals surface area (Å²) >= 11 is 0. The fraction of sp³-hybridized carbons (Fsp3) is 0.723. The van der Waals surface area contributed by atoms with Gasteiger partial charge in [0.1, 0.15) is 48.8 Å². The maximum absolute atomic E-state index is 13.1. The van der Waals surface area contributed by atoms with Gasteiger partial charge in [0, 0.05) is 6.42 Å². The molecule has 0 aromatic heterocycles. The van der Waals surface area contributed by atoms with Gasteiger partial charge in [-0.25, -0.2) is 0 Å². The Morgan fingerprint density at radius 1 is 0.607 bits per heavy atom. The van der Waals surface area contributed by atoms with Crippen LogP contribution in [0.4, 0.5) is 0 Å². The first-order valence-electron chi connectivity index (χ1n) is 22.7. The molecule has 0 aromatic carbocycles. The zero-order valence-corrected chi connectivity index (χ0v) is 36.6. The van der Waals surface area contributed by atoms with E-state index < -0.39 is 86.8 Å². The monoisotopic (exact) mass is 866 g/mol. The van der Waals surface area contributed by atoms with Crippen LogP contribution in [0.1, 0.15) is 123 Å². The summed E-state index contributed by atoms with van der Waals surface area (Å²) in [4.78, 5) is 13.1. The molecule has 0 aromatic rings. The molecule has 350 valence electrons. The van der Waals surface area contributed by atoms with Crippen LogP contribution in [-0.2, 0) is 23.7 Å². The maximum atomic E-state index is 13.1. The van der Waals surface area contributed by atoms with Gasteiger partial charge in [-0.3, -0.25) is 4.79 Å². The van der Waals surface area contributed by atoms with Crippen molar-refractivity contribution in [3.63, 3.8) is 0 Å². The van der Waals surface area contributed by atoms with Gasteiger partial charge in [-0.2, -0.15) is 0 Å². The largest absolute Gasteiger partial charge is 0.394 e. The van der Waals surface area contributed by atoms with E-state index in [1.54, 1.807) is 6.08 Å². The molecule has 0 radical (unpaired) electrons. The summed E-state index contributed by atoms with van der Waals surface area (Å²) in [5.41, 5.74) is 0. The lowest BCUT2D eigenvalue weighted by atomic mass is 9.97. The van der Waals surface area contributed by atoms with E-state index in [1.807, 2.05) is 6.08 Å². The molecule has 61 heavy (non-hydrogen) atoms. The zero-order valence-electron chi connectivity index (χ0n) is 36.6. The van der Waals surface area contributed by atoms with E-state index in [4.69, 9.17) is 18.9 Å². The van der Waals surface area contributed by atoms with Gasteiger partial charge in [0.05, 0.1) is 32.0 Å². The Balaban J connectivity index is 1.95. The Morgan fingerprint density at radius 3 is 1.77 bits per heavy atom. The van der Waals surface area contributed by atoms with Crippen LogP contribution in [0.15, 0.2) is 72.9 Å². The SMILES string of the molecule is CC/C=C\C/C=C\C/C=C\CCCCCC(=O)NC(COC1OC(CO)C(OC2OC(CO)C(O)C(O)C2O)C(O)C1O)C(O)/C=C/CC/C=C/CC/C=C/CCCCCC. The van der Waals surface area contributed by atoms with Crippen LogP contribution >= 0.6 is 0 Å². The number of aliphatic hydroxyl groups excluding tert-OH is 8. The predicted octanol–water partition coefficient (Wildman–Crippen LogP) is 4.48. The molecule has 1 amide bonds. The van der Waals surface area contributed by atoms with Crippen molar-refractivity contribution in [2.24, 2.45) is 0 Å². The Hall–Kier alpha value is -2.57. The summed E-state index contributed by atoms with van der Waals surface area (Å²) < 4.78 is 22.6. The third-order valence-electron chi connectivity index (χ3n) is 10.6. The van der Waals surface area contributed by atoms with Crippen LogP contribution in [0.25, 0.3) is 0 Å². The quantitative estimate of drug-likeness (QED) is 0.0336. The third kappa shape index (κ3) is 22.1. The second-order valence-corrected chi connectivity index (χ2v) is 15.8. The number of carbonyl (C=O) groups excluding carboxylic acids is 1. The van der Waals surface area contributed by atoms with Gasteiger partial charge in [-0.15, -0.1) is 0 Å². The molecule has 14 heteroatoms. The molecule has 2 aliphatic heterocycles. The van der Waals surface area contributed by atoms with Crippen molar-refractivity contribution in [2.45, 2.75) is 197 Å². The summed E-state index contributed by atoms with van der Waals surface area (Å²) in [6, 6.07) is -0.954. The van der Waals surface area contributed by atoms with E-state index >= 15 is 0 Å². The molecule has 2 saturated heterocycles. The first-order valence-corrected chi connectivity index (χ1v) is 22.7. The highest BCUT2D eigenvalue weighted by Gasteiger charge is 2.50. The molecule has 12 atom stereocenters. The second-order valence-electron chi connectivity index (χ2n) is 15.8. The molecule has 0 aliphatic carbocycles. The molecule has 0 spiro atoms. The minimum absolute atomic E-state index is 0.230. The number of aliphatic hydroxyl groups is 8. The Morgan fingerprint density at radius 2 is 1.15 bits per heavy atom. The summed E-state index contributed by atoms with van der Waals surface area (Å²) in [6.45, 7) is 2.55. The molecule has 14 nitrogen and oxygen atoms in total. The number of carbonyl (C=O) groups is 1. The maximum Gasteiger partial charge on any atom is 0.220 e. The standard InChI is InChI=1S/C47H79NO13/c1-3-5-7-9-11-13-15-17-19-20-22-24-26-28-30-36(51)35(48-39(52)31-29-27-25-23-21-18-16-14-12-10-8-6-4-2)34-58-46-44(57)42(55)45(38(33-50)60-46)61-47-43(56)41(54)40(53)37(32-49)59-47/h6,8,12-15,18,20-22,28,30,35-38,40-47,49-51,53-57H,3-5,7,9-11,16-17,19,23-27,29,31-34H2,1-2H3,(H,48,52)/b8-6-,14-12-,15-13+,21-18-,22-20+,30-28+. The van der Waals surface area contributed by atoms with Crippen molar-refractivity contribution in [1.82, 2.24) is 5.32 Å². The lowest BCUT2D eigenvalue weighted by Gasteiger charge is -2.46. The smallest absolute Gasteiger partial charge is 0.220 e. The highest BCUT2D eigenvalue weighted by atomic mass is 16.7. The second kappa shape index (κ2) is 33.9. The fourth-order valence-electron chi connectivity index (χ4n) is 6.86. The summed E-state index contributed by atoms with van der Waals surface area (Å²) in [7, 11) is 0. The minimum atomic E-state index is -1.80. The highest BCUT2D eigenvalue weighted by molar-refractivity contribution is 5.76. The van der Waals surface area contributed by atoms with Crippen molar-refractivity contribution in [2.75, 3.05) is 19.8 Å². The number of amides is 1. The molecule has 2 heterocycles. The summed E-state index contributed by atoms with van der Waals surface area (Å²) in [5, 5.41) is 86.4. The Bertz CT molecular complexity index is 1300. The van der Waals surface area contributed by atoms with E-state index in [0.29, 0.717) is 12.8 Å². The molecule has 2 aliphatic rings. The lowest BCUT2D eigenvalue weighted by Crippen LogP contribution is -2.65. The first-order chi connectivity index (χ1) is 29.6. The number of rotatable bonds is 32. The first kappa shape index (κ1) is 54.6. The molecule has 2 fully saturated rings. The topological polar surface area (TPSA) is 228 Å². The molecule has 2 rings (SSSR count). The number of hydrogen-bond donors (Lipinski definition) is 9.